The summed E-state index contributed by atoms with van der Waals surface area (Å²) in [5.41, 5.74) is 7.78. The third kappa shape index (κ3) is 3.11. The second-order valence-electron chi connectivity index (χ2n) is 6.11. The van der Waals surface area contributed by atoms with Gasteiger partial charge in [0.25, 0.3) is 0 Å². The first kappa shape index (κ1) is 18.3. The van der Waals surface area contributed by atoms with E-state index in [4.69, 9.17) is 10.0 Å². The van der Waals surface area contributed by atoms with Crippen LogP contribution in [0, 0.1) is 5.92 Å². The Bertz CT molecular complexity index is 911. The summed E-state index contributed by atoms with van der Waals surface area (Å²) < 4.78 is 28.8. The highest BCUT2D eigenvalue weighted by atomic mass is 32.2. The van der Waals surface area contributed by atoms with E-state index < -0.39 is 10.1 Å². The van der Waals surface area contributed by atoms with Gasteiger partial charge in [0.1, 0.15) is 6.54 Å². The lowest BCUT2D eigenvalue weighted by atomic mass is 10.1. The van der Waals surface area contributed by atoms with Crippen molar-refractivity contribution in [3.8, 4) is 0 Å². The number of nitrogens with two attached hydrogens (primary N) is 1. The Morgan fingerprint density at radius 2 is 1.96 bits per heavy atom. The molecular formula is C15H21N4O4S+. The number of quaternary nitrogens is 1. The molecule has 1 unspecified atom stereocenters. The van der Waals surface area contributed by atoms with Gasteiger partial charge in [0.15, 0.2) is 11.5 Å². The molecule has 0 fully saturated rings. The molecule has 0 aliphatic carbocycles. The number of fused-ring (bicyclic) bond motifs is 3. The van der Waals surface area contributed by atoms with E-state index in [0.717, 1.165) is 11.6 Å². The summed E-state index contributed by atoms with van der Waals surface area (Å²) in [5, 5.41) is 0.776. The molecule has 130 valence electrons. The fourth-order valence-electron chi connectivity index (χ4n) is 2.93. The fraction of sp³-hybridized carbons (Fsp3) is 0.333. The van der Waals surface area contributed by atoms with Crippen LogP contribution in [0.25, 0.3) is 10.9 Å². The van der Waals surface area contributed by atoms with Crippen molar-refractivity contribution >= 4 is 44.6 Å². The number of nitrogens with zero attached hydrogens (tertiary/aromatic N) is 3. The third-order valence-electron chi connectivity index (χ3n) is 3.52. The van der Waals surface area contributed by atoms with Crippen LogP contribution in [0.5, 0.6) is 0 Å². The highest BCUT2D eigenvalue weighted by molar-refractivity contribution is 7.86. The van der Waals surface area contributed by atoms with Crippen molar-refractivity contribution in [3.05, 3.63) is 24.3 Å². The summed E-state index contributed by atoms with van der Waals surface area (Å²) in [4.78, 5) is 8.65. The zero-order valence-corrected chi connectivity index (χ0v) is 14.5. The summed E-state index contributed by atoms with van der Waals surface area (Å²) in [6.45, 7) is 4.39. The highest BCUT2D eigenvalue weighted by Crippen LogP contribution is 2.47. The minimum Gasteiger partial charge on any atom is -0.412 e. The molecular weight excluding hydrogens is 332 g/mol. The van der Waals surface area contributed by atoms with Crippen LogP contribution in [0.4, 0.5) is 17.2 Å². The summed E-state index contributed by atoms with van der Waals surface area (Å²) >= 11 is 0. The molecule has 1 atom stereocenters. The van der Waals surface area contributed by atoms with Gasteiger partial charge in [0.05, 0.1) is 17.2 Å². The van der Waals surface area contributed by atoms with Crippen LogP contribution in [-0.2, 0) is 14.4 Å². The Morgan fingerprint density at radius 1 is 1.29 bits per heavy atom. The van der Waals surface area contributed by atoms with Crippen LogP contribution < -0.4 is 10.4 Å². The van der Waals surface area contributed by atoms with Crippen LogP contribution in [0.1, 0.15) is 13.8 Å². The van der Waals surface area contributed by atoms with Gasteiger partial charge in [-0.25, -0.2) is 4.98 Å². The molecule has 9 heteroatoms. The fourth-order valence-corrected chi connectivity index (χ4v) is 3.59. The smallest absolute Gasteiger partial charge is 0.312 e. The number of nitrogen functional groups attached to an aromatic ring is 1. The van der Waals surface area contributed by atoms with E-state index >= 15 is 0 Å². The Hall–Kier alpha value is -2.07. The van der Waals surface area contributed by atoms with E-state index in [1.54, 1.807) is 0 Å². The molecule has 0 saturated carbocycles. The number of anilines is 1. The minimum absolute atomic E-state index is 0. The molecule has 4 N–H and O–H groups in total. The molecule has 3 rings (SSSR count). The van der Waals surface area contributed by atoms with Crippen molar-refractivity contribution < 1.29 is 18.2 Å². The molecule has 0 radical (unpaired) electrons. The van der Waals surface area contributed by atoms with Gasteiger partial charge in [-0.1, -0.05) is 34.9 Å². The Kier molecular flexibility index (Phi) is 4.64. The number of rotatable bonds is 4. The first-order chi connectivity index (χ1) is 10.7. The Balaban J connectivity index is 0.00000208. The molecule has 2 aromatic rings. The van der Waals surface area contributed by atoms with E-state index in [1.807, 2.05) is 38.1 Å². The van der Waals surface area contributed by atoms with Crippen molar-refractivity contribution in [3.63, 3.8) is 0 Å². The lowest BCUT2D eigenvalue weighted by molar-refractivity contribution is 0.0354. The Labute approximate surface area is 140 Å². The van der Waals surface area contributed by atoms with Crippen LogP contribution in [-0.4, -0.2) is 38.0 Å². The third-order valence-corrected chi connectivity index (χ3v) is 4.06. The van der Waals surface area contributed by atoms with Crippen molar-refractivity contribution in [2.24, 2.45) is 10.9 Å². The monoisotopic (exact) mass is 353 g/mol. The van der Waals surface area contributed by atoms with Crippen molar-refractivity contribution in [1.29, 1.82) is 0 Å². The quantitative estimate of drug-likeness (QED) is 0.834. The molecule has 0 spiro atoms. The van der Waals surface area contributed by atoms with Crippen LogP contribution >= 0.6 is 0 Å². The lowest BCUT2D eigenvalue weighted by Gasteiger charge is -2.28. The Morgan fingerprint density at radius 3 is 2.58 bits per heavy atom. The maximum atomic E-state index is 11.9. The second kappa shape index (κ2) is 6.10. The van der Waals surface area contributed by atoms with Crippen LogP contribution in [0.2, 0.25) is 0 Å². The number of para-hydroxylation sites is 1. The van der Waals surface area contributed by atoms with Gasteiger partial charge in [0.2, 0.25) is 12.0 Å². The molecule has 1 aromatic carbocycles. The van der Waals surface area contributed by atoms with Crippen molar-refractivity contribution in [2.75, 3.05) is 18.5 Å². The second-order valence-corrected chi connectivity index (χ2v) is 7.66. The molecule has 1 aromatic heterocycles. The number of aromatic nitrogens is 1. The maximum Gasteiger partial charge on any atom is 0.312 e. The molecule has 24 heavy (non-hydrogen) atoms. The molecule has 1 aliphatic heterocycles. The van der Waals surface area contributed by atoms with E-state index in [9.17, 15) is 8.42 Å². The average molecular weight is 353 g/mol. The summed E-state index contributed by atoms with van der Waals surface area (Å²) in [6.07, 6.45) is 2.52. The lowest BCUT2D eigenvalue weighted by Crippen LogP contribution is -2.50. The molecule has 2 heterocycles. The van der Waals surface area contributed by atoms with Gasteiger partial charge >= 0.3 is 10.1 Å². The van der Waals surface area contributed by atoms with Gasteiger partial charge < -0.3 is 11.2 Å². The van der Waals surface area contributed by atoms with Crippen molar-refractivity contribution in [1.82, 2.24) is 9.63 Å². The van der Waals surface area contributed by atoms with E-state index in [-0.39, 0.29) is 21.9 Å². The highest BCUT2D eigenvalue weighted by Gasteiger charge is 2.45. The van der Waals surface area contributed by atoms with E-state index in [1.165, 1.54) is 6.34 Å². The number of hydrogen-bond acceptors (Lipinski definition) is 6. The number of hydrogen-bond donors (Lipinski definition) is 1. The van der Waals surface area contributed by atoms with Crippen LogP contribution in [0.3, 0.4) is 0 Å². The minimum atomic E-state index is -3.72. The normalized spacial score (nSPS) is 19.5. The molecule has 8 nitrogen and oxygen atoms in total. The molecule has 0 saturated heterocycles. The first-order valence-electron chi connectivity index (χ1n) is 7.25. The maximum absolute atomic E-state index is 11.9. The predicted molar refractivity (Wildman–Crippen MR) is 95.3 cm³/mol. The summed E-state index contributed by atoms with van der Waals surface area (Å²) in [5.74, 6) is 0.429. The standard InChI is InChI=1S/C15H19N4O3S.H2O/c1-10(2)8-19(22-23(3,20)21)9-17-13-14(19)11-6-4-5-7-12(11)18-15(13)16;/h4-7,9-10H,8H2,1-3H3,(H2,16,18);1H2/q+1;. The number of pyridine rings is 1. The van der Waals surface area contributed by atoms with Gasteiger partial charge in [-0.3, -0.25) is 0 Å². The van der Waals surface area contributed by atoms with E-state index in [0.29, 0.717) is 23.4 Å². The molecule has 1 aliphatic rings. The zero-order valence-electron chi connectivity index (χ0n) is 13.7. The average Bonchev–Trinajstić information content (AvgIpc) is 2.76. The predicted octanol–water partition coefficient (Wildman–Crippen LogP) is 1.52. The molecule has 0 amide bonds. The van der Waals surface area contributed by atoms with Gasteiger partial charge in [-0.05, 0) is 12.1 Å². The van der Waals surface area contributed by atoms with Crippen molar-refractivity contribution in [2.45, 2.75) is 13.8 Å². The summed E-state index contributed by atoms with van der Waals surface area (Å²) in [7, 11) is -3.72. The largest absolute Gasteiger partial charge is 0.412 e. The number of hydroxylamine groups is 2. The zero-order chi connectivity index (χ0) is 16.8. The van der Waals surface area contributed by atoms with E-state index in [2.05, 4.69) is 9.98 Å². The number of benzene rings is 1. The first-order valence-corrected chi connectivity index (χ1v) is 9.06. The van der Waals surface area contributed by atoms with Gasteiger partial charge in [-0.2, -0.15) is 13.4 Å². The SMILES string of the molecule is CC(C)C[N+]1(OS(C)(=O)=O)C=Nc2c(N)nc3ccccc3c21.O. The molecule has 0 bridgehead atoms. The van der Waals surface area contributed by atoms with Gasteiger partial charge in [0, 0.05) is 5.92 Å². The number of aliphatic imine (C=N–C) groups is 1. The summed E-state index contributed by atoms with van der Waals surface area (Å²) in [6, 6.07) is 7.41. The van der Waals surface area contributed by atoms with Gasteiger partial charge in [-0.15, -0.1) is 0 Å². The topological polar surface area (TPSA) is 126 Å². The van der Waals surface area contributed by atoms with Crippen LogP contribution in [0.15, 0.2) is 29.3 Å².